The zero-order valence-electron chi connectivity index (χ0n) is 17.2. The molecule has 8 nitrogen and oxygen atoms in total. The minimum atomic E-state index is -0.708. The molecule has 2 aromatic rings. The molecule has 2 aliphatic rings. The van der Waals surface area contributed by atoms with Crippen LogP contribution in [0.3, 0.4) is 0 Å². The first kappa shape index (κ1) is 21.0. The summed E-state index contributed by atoms with van der Waals surface area (Å²) >= 11 is 1.65. The molecule has 31 heavy (non-hydrogen) atoms. The summed E-state index contributed by atoms with van der Waals surface area (Å²) in [6.45, 7) is 0.913. The summed E-state index contributed by atoms with van der Waals surface area (Å²) in [5.74, 6) is -0.697. The number of likely N-dealkylation sites (N-methyl/N-ethyl adjacent to an activating group) is 1. The van der Waals surface area contributed by atoms with Crippen molar-refractivity contribution in [3.8, 4) is 10.4 Å². The average molecular weight is 441 g/mol. The van der Waals surface area contributed by atoms with Crippen molar-refractivity contribution in [3.63, 3.8) is 0 Å². The van der Waals surface area contributed by atoms with Gasteiger partial charge in [-0.05, 0) is 29.0 Å². The van der Waals surface area contributed by atoms with Crippen LogP contribution in [-0.2, 0) is 20.8 Å². The third-order valence-corrected chi connectivity index (χ3v) is 6.62. The summed E-state index contributed by atoms with van der Waals surface area (Å²) in [7, 11) is 1.75. The van der Waals surface area contributed by atoms with Crippen LogP contribution in [0.5, 0.6) is 0 Å². The minimum absolute atomic E-state index is 0.0844. The van der Waals surface area contributed by atoms with Crippen LogP contribution in [0.1, 0.15) is 18.4 Å². The molecule has 0 spiro atoms. The van der Waals surface area contributed by atoms with Gasteiger partial charge in [-0.15, -0.1) is 11.3 Å². The lowest BCUT2D eigenvalue weighted by Gasteiger charge is -2.39. The lowest BCUT2D eigenvalue weighted by atomic mass is 9.98. The summed E-state index contributed by atoms with van der Waals surface area (Å²) in [6, 6.07) is 10.3. The maximum atomic E-state index is 13.0. The van der Waals surface area contributed by atoms with Crippen LogP contribution < -0.4 is 10.6 Å². The van der Waals surface area contributed by atoms with E-state index in [1.54, 1.807) is 28.2 Å². The normalized spacial score (nSPS) is 21.3. The summed E-state index contributed by atoms with van der Waals surface area (Å²) in [5.41, 5.74) is 2.07. The van der Waals surface area contributed by atoms with Crippen LogP contribution in [0.25, 0.3) is 10.4 Å². The van der Waals surface area contributed by atoms with Gasteiger partial charge >= 0.3 is 6.03 Å². The number of piperazine rings is 1. The molecule has 3 heterocycles. The lowest BCUT2D eigenvalue weighted by molar-refractivity contribution is -0.150. The van der Waals surface area contributed by atoms with Crippen LogP contribution in [0.2, 0.25) is 0 Å². The number of carbonyl (C=O) groups excluding carboxylic acids is 4. The molecule has 162 valence electrons. The molecule has 2 N–H and O–H groups in total. The largest absolute Gasteiger partial charge is 0.342 e. The number of imide groups is 1. The maximum Gasteiger partial charge on any atom is 0.322 e. The highest BCUT2D eigenvalue weighted by atomic mass is 32.1. The molecule has 2 atom stereocenters. The Kier molecular flexibility index (Phi) is 6.03. The second kappa shape index (κ2) is 8.89. The molecular formula is C22H24N4O4S. The lowest BCUT2D eigenvalue weighted by Crippen LogP contribution is -2.58. The number of nitrogens with zero attached hydrogens (tertiary/aromatic N) is 2. The number of thiophene rings is 1. The molecule has 0 saturated carbocycles. The van der Waals surface area contributed by atoms with E-state index in [0.29, 0.717) is 19.5 Å². The van der Waals surface area contributed by atoms with E-state index in [4.69, 9.17) is 0 Å². The number of hydrogen-bond donors (Lipinski definition) is 2. The van der Waals surface area contributed by atoms with Gasteiger partial charge in [0.05, 0.1) is 0 Å². The van der Waals surface area contributed by atoms with Crippen molar-refractivity contribution < 1.29 is 19.2 Å². The molecule has 0 aliphatic carbocycles. The number of amides is 5. The van der Waals surface area contributed by atoms with E-state index in [1.807, 2.05) is 29.6 Å². The van der Waals surface area contributed by atoms with Gasteiger partial charge in [0.1, 0.15) is 12.1 Å². The Labute approximate surface area is 184 Å². The highest BCUT2D eigenvalue weighted by Crippen LogP contribution is 2.26. The first-order chi connectivity index (χ1) is 14.9. The zero-order chi connectivity index (χ0) is 22.0. The van der Waals surface area contributed by atoms with Gasteiger partial charge < -0.3 is 15.1 Å². The Morgan fingerprint density at radius 1 is 1.16 bits per heavy atom. The number of benzene rings is 1. The molecule has 5 amide bonds. The number of rotatable bonds is 6. The zero-order valence-corrected chi connectivity index (χ0v) is 18.0. The van der Waals surface area contributed by atoms with Gasteiger partial charge in [-0.3, -0.25) is 19.7 Å². The predicted octanol–water partition coefficient (Wildman–Crippen LogP) is 1.62. The van der Waals surface area contributed by atoms with Crippen LogP contribution in [0.4, 0.5) is 4.79 Å². The molecule has 0 radical (unpaired) electrons. The second-order valence-electron chi connectivity index (χ2n) is 7.80. The summed E-state index contributed by atoms with van der Waals surface area (Å²) in [5, 5.41) is 6.69. The van der Waals surface area contributed by atoms with Crippen molar-refractivity contribution in [3.05, 3.63) is 47.3 Å². The highest BCUT2D eigenvalue weighted by molar-refractivity contribution is 7.13. The van der Waals surface area contributed by atoms with Crippen LogP contribution in [0.15, 0.2) is 41.8 Å². The van der Waals surface area contributed by atoms with Crippen LogP contribution >= 0.6 is 11.3 Å². The van der Waals surface area contributed by atoms with E-state index in [2.05, 4.69) is 22.8 Å². The number of nitrogens with one attached hydrogen (secondary N) is 2. The predicted molar refractivity (Wildman–Crippen MR) is 116 cm³/mol. The van der Waals surface area contributed by atoms with E-state index >= 15 is 0 Å². The first-order valence-corrected chi connectivity index (χ1v) is 11.1. The van der Waals surface area contributed by atoms with Gasteiger partial charge in [0.25, 0.3) is 5.91 Å². The van der Waals surface area contributed by atoms with Gasteiger partial charge in [-0.25, -0.2) is 4.79 Å². The third kappa shape index (κ3) is 4.61. The summed E-state index contributed by atoms with van der Waals surface area (Å²) in [4.78, 5) is 53.3. The number of hydrogen-bond acceptors (Lipinski definition) is 5. The van der Waals surface area contributed by atoms with E-state index in [9.17, 15) is 19.2 Å². The van der Waals surface area contributed by atoms with Gasteiger partial charge in [0.2, 0.25) is 11.8 Å². The molecular weight excluding hydrogens is 416 g/mol. The maximum absolute atomic E-state index is 13.0. The Morgan fingerprint density at radius 2 is 2.00 bits per heavy atom. The van der Waals surface area contributed by atoms with E-state index < -0.39 is 24.0 Å². The third-order valence-electron chi connectivity index (χ3n) is 5.70. The quantitative estimate of drug-likeness (QED) is 0.667. The number of carbonyl (C=O) groups is 4. The SMILES string of the molecule is CN1CCN(C(=O)CC[C@H]2NC(=O)NC2=O)[C@@H](Cc2cccc(-c3cccs3)c2)C1=O. The molecule has 9 heteroatoms. The standard InChI is InChI=1S/C22H24N4O4S/c1-25-9-10-26(19(27)8-7-16-20(28)24-22(30)23-16)17(21(25)29)13-14-4-2-5-15(12-14)18-6-3-11-31-18/h2-6,11-12,16-17H,7-10,13H2,1H3,(H2,23,24,28,30)/t16-,17+/m1/s1. The fraction of sp³-hybridized carbons (Fsp3) is 0.364. The molecule has 2 aliphatic heterocycles. The molecule has 0 bridgehead atoms. The van der Waals surface area contributed by atoms with Crippen LogP contribution in [0, 0.1) is 0 Å². The summed E-state index contributed by atoms with van der Waals surface area (Å²) in [6.07, 6.45) is 0.716. The first-order valence-electron chi connectivity index (χ1n) is 10.2. The Morgan fingerprint density at radius 3 is 2.71 bits per heavy atom. The van der Waals surface area contributed by atoms with Crippen molar-refractivity contribution in [1.29, 1.82) is 0 Å². The fourth-order valence-corrected chi connectivity index (χ4v) is 4.72. The average Bonchev–Trinajstić information content (AvgIpc) is 3.39. The second-order valence-corrected chi connectivity index (χ2v) is 8.75. The van der Waals surface area contributed by atoms with Gasteiger partial charge in [-0.2, -0.15) is 0 Å². The van der Waals surface area contributed by atoms with E-state index in [-0.39, 0.29) is 24.7 Å². The van der Waals surface area contributed by atoms with Crippen molar-refractivity contribution in [2.45, 2.75) is 31.3 Å². The topological polar surface area (TPSA) is 98.8 Å². The number of urea groups is 1. The molecule has 2 saturated heterocycles. The van der Waals surface area contributed by atoms with E-state index in [0.717, 1.165) is 16.0 Å². The molecule has 2 fully saturated rings. The van der Waals surface area contributed by atoms with Crippen molar-refractivity contribution >= 4 is 35.1 Å². The molecule has 0 unspecified atom stereocenters. The minimum Gasteiger partial charge on any atom is -0.342 e. The Hall–Kier alpha value is -3.20. The smallest absolute Gasteiger partial charge is 0.322 e. The molecule has 1 aromatic carbocycles. The molecule has 4 rings (SSSR count). The van der Waals surface area contributed by atoms with Crippen LogP contribution in [-0.4, -0.2) is 65.8 Å². The van der Waals surface area contributed by atoms with E-state index in [1.165, 1.54) is 0 Å². The summed E-state index contributed by atoms with van der Waals surface area (Å²) < 4.78 is 0. The Bertz CT molecular complexity index is 1010. The van der Waals surface area contributed by atoms with Crippen molar-refractivity contribution in [1.82, 2.24) is 20.4 Å². The fourth-order valence-electron chi connectivity index (χ4n) is 4.00. The van der Waals surface area contributed by atoms with Gasteiger partial charge in [0.15, 0.2) is 0 Å². The monoisotopic (exact) mass is 440 g/mol. The van der Waals surface area contributed by atoms with Crippen molar-refractivity contribution in [2.24, 2.45) is 0 Å². The van der Waals surface area contributed by atoms with Gasteiger partial charge in [-0.1, -0.05) is 30.3 Å². The van der Waals surface area contributed by atoms with Crippen molar-refractivity contribution in [2.75, 3.05) is 20.1 Å². The highest BCUT2D eigenvalue weighted by Gasteiger charge is 2.37. The Balaban J connectivity index is 1.47. The van der Waals surface area contributed by atoms with Gasteiger partial charge in [0, 0.05) is 37.9 Å². The molecule has 1 aromatic heterocycles.